The maximum atomic E-state index is 3.81. The normalized spacial score (nSPS) is 62.5. The lowest BCUT2D eigenvalue weighted by atomic mass is 11.7. The topological polar surface area (TPSA) is 0 Å². The van der Waals surface area contributed by atoms with E-state index in [1.807, 2.05) is 58.8 Å². The van der Waals surface area contributed by atoms with Gasteiger partial charge in [0.2, 0.25) is 0 Å². The van der Waals surface area contributed by atoms with Crippen molar-refractivity contribution in [3.63, 3.8) is 0 Å². The quantitative estimate of drug-likeness (QED) is 0.519. The van der Waals surface area contributed by atoms with Gasteiger partial charge >= 0.3 is 0 Å². The van der Waals surface area contributed by atoms with Gasteiger partial charge in [0.25, 0.3) is 0 Å². The van der Waals surface area contributed by atoms with Crippen molar-refractivity contribution in [1.82, 2.24) is 0 Å². The van der Waals surface area contributed by atoms with Crippen molar-refractivity contribution in [1.29, 1.82) is 0 Å². The van der Waals surface area contributed by atoms with Gasteiger partial charge in [-0.05, 0) is 31.9 Å². The molecule has 0 saturated carbocycles. The Labute approximate surface area is 113 Å². The Hall–Kier alpha value is 3.06. The summed E-state index contributed by atoms with van der Waals surface area (Å²) in [5.74, 6) is 0. The Morgan fingerprint density at radius 1 is 0.833 bits per heavy atom. The van der Waals surface area contributed by atoms with Crippen LogP contribution in [0.5, 0.6) is 0 Å². The molecule has 4 aliphatic rings. The van der Waals surface area contributed by atoms with Crippen LogP contribution in [-0.2, 0) is 0 Å². The Balaban J connectivity index is 1.98. The second kappa shape index (κ2) is 3.28. The molecule has 4 rings (SSSR count). The first-order valence-electron chi connectivity index (χ1n) is 3.02. The van der Waals surface area contributed by atoms with Crippen LogP contribution in [0.1, 0.15) is 0 Å². The van der Waals surface area contributed by atoms with Crippen LogP contribution < -0.4 is 0 Å². The highest BCUT2D eigenvalue weighted by Crippen LogP contribution is 2.84. The largest absolute Gasteiger partial charge is 0.169 e. The van der Waals surface area contributed by atoms with Crippen molar-refractivity contribution in [2.75, 3.05) is 0 Å². The summed E-state index contributed by atoms with van der Waals surface area (Å²) in [6.07, 6.45) is 0. The van der Waals surface area contributed by atoms with E-state index in [0.717, 1.165) is 0 Å². The minimum absolute atomic E-state index is 0.216. The molecular formula is C4H2Br2S6. The fraction of sp³-hybridized carbons (Fsp3) is 1.00. The number of thioether (sulfide) groups is 6. The van der Waals surface area contributed by atoms with Gasteiger partial charge in [0.1, 0.15) is 7.83 Å². The monoisotopic (exact) mass is 400 g/mol. The Morgan fingerprint density at radius 3 is 1.58 bits per heavy atom. The van der Waals surface area contributed by atoms with E-state index in [4.69, 9.17) is 0 Å². The second-order valence-electron chi connectivity index (χ2n) is 2.25. The zero-order valence-electron chi connectivity index (χ0n) is 5.36. The van der Waals surface area contributed by atoms with Crippen LogP contribution in [-0.4, -0.2) is 12.5 Å². The maximum Gasteiger partial charge on any atom is 0.169 e. The molecule has 0 radical (unpaired) electrons. The Bertz CT molecular complexity index is 200. The molecule has 0 atom stereocenters. The first kappa shape index (κ1) is 10.2. The van der Waals surface area contributed by atoms with Crippen LogP contribution in [0.4, 0.5) is 0 Å². The zero-order chi connectivity index (χ0) is 8.40. The van der Waals surface area contributed by atoms with Gasteiger partial charge in [0.15, 0.2) is 4.64 Å². The van der Waals surface area contributed by atoms with Gasteiger partial charge in [0.05, 0.1) is 0 Å². The fourth-order valence-corrected chi connectivity index (χ4v) is 26.5. The Kier molecular flexibility index (Phi) is 2.79. The van der Waals surface area contributed by atoms with E-state index in [-0.39, 0.29) is 4.64 Å². The first-order valence-corrected chi connectivity index (χ1v) is 9.88. The van der Waals surface area contributed by atoms with E-state index in [2.05, 4.69) is 43.6 Å². The summed E-state index contributed by atoms with van der Waals surface area (Å²) in [6.45, 7) is 0. The molecule has 4 heterocycles. The maximum absolute atomic E-state index is 3.81. The highest BCUT2D eigenvalue weighted by Gasteiger charge is 2.60. The number of hydrogen-bond donors (Lipinski definition) is 0. The highest BCUT2D eigenvalue weighted by atomic mass is 79.9. The number of rotatable bonds is 0. The number of halogens is 2. The average molecular weight is 402 g/mol. The summed E-state index contributed by atoms with van der Waals surface area (Å²) in [7, 11) is 0. The van der Waals surface area contributed by atoms with Crippen molar-refractivity contribution in [2.45, 2.75) is 12.5 Å². The van der Waals surface area contributed by atoms with Crippen LogP contribution in [0.25, 0.3) is 0 Å². The van der Waals surface area contributed by atoms with Crippen molar-refractivity contribution in [3.05, 3.63) is 0 Å². The summed E-state index contributed by atoms with van der Waals surface area (Å²) >= 11 is 19.8. The third kappa shape index (κ3) is 1.74. The molecule has 0 spiro atoms. The molecule has 0 aromatic rings. The van der Waals surface area contributed by atoms with E-state index in [1.54, 1.807) is 0 Å². The third-order valence-electron chi connectivity index (χ3n) is 1.41. The molecule has 0 unspecified atom stereocenters. The summed E-state index contributed by atoms with van der Waals surface area (Å²) < 4.78 is 1.84. The van der Waals surface area contributed by atoms with Crippen LogP contribution in [0.15, 0.2) is 0 Å². The van der Waals surface area contributed by atoms with Crippen molar-refractivity contribution >= 4 is 102 Å². The summed E-state index contributed by atoms with van der Waals surface area (Å²) in [5.41, 5.74) is 0. The lowest BCUT2D eigenvalue weighted by Crippen LogP contribution is -2.37. The molecule has 0 nitrogen and oxygen atoms in total. The molecule has 4 aliphatic heterocycles. The predicted octanol–water partition coefficient (Wildman–Crippen LogP) is 5.01. The molecule has 12 heavy (non-hydrogen) atoms. The number of hydrogen-bond acceptors (Lipinski definition) is 6. The summed E-state index contributed by atoms with van der Waals surface area (Å²) in [4.78, 5) is 0. The van der Waals surface area contributed by atoms with Crippen molar-refractivity contribution < 1.29 is 0 Å². The molecule has 4 saturated heterocycles. The minimum atomic E-state index is 0.216. The molecule has 4 fully saturated rings. The highest BCUT2D eigenvalue weighted by molar-refractivity contribution is 9.21. The van der Waals surface area contributed by atoms with Crippen LogP contribution in [0.3, 0.4) is 0 Å². The van der Waals surface area contributed by atoms with E-state index in [0.29, 0.717) is 7.83 Å². The van der Waals surface area contributed by atoms with Crippen LogP contribution in [0.2, 0.25) is 0 Å². The van der Waals surface area contributed by atoms with Gasteiger partial charge in [-0.2, -0.15) is 0 Å². The molecule has 0 aromatic carbocycles. The van der Waals surface area contributed by atoms with Gasteiger partial charge in [-0.1, -0.05) is 58.8 Å². The van der Waals surface area contributed by atoms with E-state index in [9.17, 15) is 0 Å². The zero-order valence-corrected chi connectivity index (χ0v) is 13.4. The smallest absolute Gasteiger partial charge is 0.111 e. The molecule has 0 N–H and O–H groups in total. The predicted molar refractivity (Wildman–Crippen MR) is 76.4 cm³/mol. The molecule has 0 amide bonds. The van der Waals surface area contributed by atoms with Gasteiger partial charge in [-0.15, -0.1) is 11.8 Å². The number of alkyl halides is 2. The minimum Gasteiger partial charge on any atom is -0.111 e. The standard InChI is InChI=1S/C4H2Br2S6/c5-3-8-1-7-2(10-3)11-4(6,9-1)12-3/h1-2H. The van der Waals surface area contributed by atoms with E-state index >= 15 is 0 Å². The lowest BCUT2D eigenvalue weighted by molar-refractivity contribution is 1.65. The third-order valence-corrected chi connectivity index (χ3v) is 14.4. The van der Waals surface area contributed by atoms with Gasteiger partial charge in [0, 0.05) is 0 Å². The molecule has 68 valence electrons. The van der Waals surface area contributed by atoms with Gasteiger partial charge in [-0.3, -0.25) is 0 Å². The molecule has 0 aliphatic carbocycles. The fourth-order valence-electron chi connectivity index (χ4n) is 1.01. The second-order valence-corrected chi connectivity index (χ2v) is 19.0. The summed E-state index contributed by atoms with van der Waals surface area (Å²) in [6, 6.07) is 0. The van der Waals surface area contributed by atoms with E-state index in [1.165, 1.54) is 0 Å². The van der Waals surface area contributed by atoms with Gasteiger partial charge in [-0.25, -0.2) is 0 Å². The molecule has 4 bridgehead atoms. The SMILES string of the molecule is BrC12SC3SC(S1)SC(Br)(S3)S2. The summed E-state index contributed by atoms with van der Waals surface area (Å²) in [5, 5.41) is 0. The van der Waals surface area contributed by atoms with E-state index < -0.39 is 0 Å². The molecule has 0 aromatic heterocycles. The average Bonchev–Trinajstić information content (AvgIpc) is 1.75. The van der Waals surface area contributed by atoms with Crippen molar-refractivity contribution in [2.24, 2.45) is 0 Å². The first-order chi connectivity index (χ1) is 5.57. The Morgan fingerprint density at radius 2 is 1.25 bits per heavy atom. The molecule has 8 heteroatoms. The van der Waals surface area contributed by atoms with Crippen LogP contribution >= 0.6 is 102 Å². The van der Waals surface area contributed by atoms with Crippen molar-refractivity contribution in [3.8, 4) is 0 Å². The van der Waals surface area contributed by atoms with Gasteiger partial charge < -0.3 is 0 Å². The molecular weight excluding hydrogens is 400 g/mol. The lowest BCUT2D eigenvalue weighted by Gasteiger charge is -2.54. The van der Waals surface area contributed by atoms with Crippen LogP contribution in [0, 0.1) is 0 Å².